The first-order chi connectivity index (χ1) is 22.5. The molecule has 4 atom stereocenters. The molecule has 2 aromatic carbocycles. The summed E-state index contributed by atoms with van der Waals surface area (Å²) < 4.78 is 52.5. The number of rotatable bonds is 6. The Bertz CT molecular complexity index is 2010. The molecule has 2 unspecified atom stereocenters. The van der Waals surface area contributed by atoms with E-state index in [1.54, 1.807) is 18.7 Å². The Morgan fingerprint density at radius 2 is 2.00 bits per heavy atom. The molecule has 0 spiro atoms. The maximum Gasteiger partial charge on any atom is 0.319 e. The first-order valence-electron chi connectivity index (χ1n) is 15.9. The monoisotopic (exact) mass is 646 g/mol. The van der Waals surface area contributed by atoms with Crippen molar-refractivity contribution in [3.63, 3.8) is 0 Å². The van der Waals surface area contributed by atoms with Crippen molar-refractivity contribution in [2.24, 2.45) is 11.3 Å². The van der Waals surface area contributed by atoms with E-state index in [-0.39, 0.29) is 71.2 Å². The predicted octanol–water partition coefficient (Wildman–Crippen LogP) is 4.45. The first kappa shape index (κ1) is 29.9. The molecule has 0 saturated carbocycles. The molecule has 10 nitrogen and oxygen atoms in total. The number of anilines is 1. The number of imide groups is 1. The minimum atomic E-state index is -1.01. The lowest BCUT2D eigenvalue weighted by Crippen LogP contribution is -2.43. The van der Waals surface area contributed by atoms with Crippen LogP contribution in [0.15, 0.2) is 30.5 Å². The van der Waals surface area contributed by atoms with Crippen molar-refractivity contribution >= 4 is 39.3 Å². The summed E-state index contributed by atoms with van der Waals surface area (Å²) in [7, 11) is 0. The number of halogens is 3. The largest absolute Gasteiger partial charge is 0.508 e. The van der Waals surface area contributed by atoms with Gasteiger partial charge in [0.1, 0.15) is 41.4 Å². The van der Waals surface area contributed by atoms with Gasteiger partial charge in [0.25, 0.3) is 0 Å². The van der Waals surface area contributed by atoms with Crippen LogP contribution < -0.4 is 15.0 Å². The Labute approximate surface area is 267 Å². The molecule has 2 aromatic heterocycles. The number of alkyl halides is 1. The highest BCUT2D eigenvalue weighted by Gasteiger charge is 2.58. The summed E-state index contributed by atoms with van der Waals surface area (Å²) in [6.07, 6.45) is 2.74. The second-order valence-electron chi connectivity index (χ2n) is 13.5. The maximum atomic E-state index is 16.9. The minimum Gasteiger partial charge on any atom is -0.508 e. The van der Waals surface area contributed by atoms with E-state index < -0.39 is 34.7 Å². The summed E-state index contributed by atoms with van der Waals surface area (Å²) in [5.41, 5.74) is -1.24. The number of aromatic hydroxyl groups is 1. The zero-order valence-corrected chi connectivity index (χ0v) is 25.9. The van der Waals surface area contributed by atoms with Crippen LogP contribution in [0.1, 0.15) is 38.7 Å². The van der Waals surface area contributed by atoms with E-state index in [0.717, 1.165) is 19.4 Å². The van der Waals surface area contributed by atoms with E-state index in [0.29, 0.717) is 35.7 Å². The van der Waals surface area contributed by atoms with Crippen molar-refractivity contribution < 1.29 is 32.6 Å². The first-order valence-corrected chi connectivity index (χ1v) is 15.9. The Morgan fingerprint density at radius 3 is 2.79 bits per heavy atom. The number of amides is 2. The predicted molar refractivity (Wildman–Crippen MR) is 167 cm³/mol. The number of fused-ring (bicyclic) bond motifs is 4. The number of benzene rings is 2. The summed E-state index contributed by atoms with van der Waals surface area (Å²) in [6.45, 7) is 5.00. The Morgan fingerprint density at radius 1 is 1.17 bits per heavy atom. The van der Waals surface area contributed by atoms with Crippen LogP contribution in [-0.2, 0) is 16.0 Å². The number of phenolic OH excluding ortho intramolecular Hbond substituents is 1. The van der Waals surface area contributed by atoms with Crippen molar-refractivity contribution in [3.05, 3.63) is 47.7 Å². The van der Waals surface area contributed by atoms with Crippen molar-refractivity contribution in [1.29, 1.82) is 0 Å². The van der Waals surface area contributed by atoms with Crippen molar-refractivity contribution in [3.8, 4) is 23.0 Å². The van der Waals surface area contributed by atoms with Gasteiger partial charge in [-0.2, -0.15) is 9.97 Å². The van der Waals surface area contributed by atoms with Crippen LogP contribution in [-0.4, -0.2) is 81.3 Å². The second-order valence-corrected chi connectivity index (χ2v) is 13.5. The van der Waals surface area contributed by atoms with E-state index in [4.69, 9.17) is 4.74 Å². The summed E-state index contributed by atoms with van der Waals surface area (Å²) in [5.74, 6) is -2.57. The zero-order chi connectivity index (χ0) is 32.8. The molecule has 2 amide bonds. The molecule has 4 fully saturated rings. The standard InChI is InChI=1S/C34H33F3N6O4/c1-3-20-24(36)6-5-17-9-19(44)10-21(25(17)20)27-26(37)28-22(12-38-27)29(42-14-23-30(45)41-31(46)33(23,2)15-42)40-32(39-28)47-16-34-7-4-8-43(34)13-18(35)11-34/h5-6,9-10,12,18,23,44H,3-4,7-8,11,13-16H2,1-2H3,(H,41,45,46)/t18-,23?,33?,34+/m1/s1. The van der Waals surface area contributed by atoms with Crippen LogP contribution in [0.25, 0.3) is 32.9 Å². The van der Waals surface area contributed by atoms with Gasteiger partial charge in [-0.15, -0.1) is 0 Å². The minimum absolute atomic E-state index is 0.107. The normalized spacial score (nSPS) is 27.2. The van der Waals surface area contributed by atoms with E-state index >= 15 is 4.39 Å². The van der Waals surface area contributed by atoms with Crippen LogP contribution >= 0.6 is 0 Å². The molecule has 4 aliphatic rings. The lowest BCUT2D eigenvalue weighted by Gasteiger charge is -2.31. The highest BCUT2D eigenvalue weighted by molar-refractivity contribution is 6.09. The van der Waals surface area contributed by atoms with Gasteiger partial charge in [0, 0.05) is 37.8 Å². The molecule has 0 aliphatic carbocycles. The van der Waals surface area contributed by atoms with E-state index in [2.05, 4.69) is 25.2 Å². The van der Waals surface area contributed by atoms with Gasteiger partial charge >= 0.3 is 6.01 Å². The number of carbonyl (C=O) groups is 2. The molecule has 6 heterocycles. The topological polar surface area (TPSA) is 121 Å². The summed E-state index contributed by atoms with van der Waals surface area (Å²) in [5, 5.41) is 14.1. The van der Waals surface area contributed by atoms with E-state index in [1.165, 1.54) is 30.5 Å². The summed E-state index contributed by atoms with van der Waals surface area (Å²) >= 11 is 0. The van der Waals surface area contributed by atoms with Crippen LogP contribution in [0.4, 0.5) is 19.0 Å². The molecule has 2 N–H and O–H groups in total. The molecule has 0 bridgehead atoms. The number of hydrogen-bond donors (Lipinski definition) is 2. The fourth-order valence-electron chi connectivity index (χ4n) is 8.29. The third-order valence-corrected chi connectivity index (χ3v) is 10.7. The van der Waals surface area contributed by atoms with Crippen LogP contribution in [0, 0.1) is 23.0 Å². The van der Waals surface area contributed by atoms with Gasteiger partial charge < -0.3 is 14.7 Å². The van der Waals surface area contributed by atoms with Crippen molar-refractivity contribution in [2.45, 2.75) is 51.2 Å². The zero-order valence-electron chi connectivity index (χ0n) is 25.9. The third-order valence-electron chi connectivity index (χ3n) is 10.7. The molecule has 4 aromatic rings. The highest BCUT2D eigenvalue weighted by atomic mass is 19.1. The molecular formula is C34H33F3N6O4. The molecule has 4 saturated heterocycles. The fraction of sp³-hybridized carbons (Fsp3) is 0.441. The van der Waals surface area contributed by atoms with Crippen LogP contribution in [0.3, 0.4) is 0 Å². The van der Waals surface area contributed by atoms with Crippen molar-refractivity contribution in [1.82, 2.24) is 25.2 Å². The van der Waals surface area contributed by atoms with Gasteiger partial charge in [0.05, 0.1) is 22.3 Å². The quantitative estimate of drug-likeness (QED) is 0.293. The molecule has 13 heteroatoms. The highest BCUT2D eigenvalue weighted by Crippen LogP contribution is 2.45. The number of aryl methyl sites for hydroxylation is 1. The summed E-state index contributed by atoms with van der Waals surface area (Å²) in [4.78, 5) is 42.9. The van der Waals surface area contributed by atoms with Crippen molar-refractivity contribution in [2.75, 3.05) is 37.7 Å². The third kappa shape index (κ3) is 4.45. The molecular weight excluding hydrogens is 613 g/mol. The number of ether oxygens (including phenoxy) is 1. The average molecular weight is 647 g/mol. The van der Waals surface area contributed by atoms with Crippen LogP contribution in [0.2, 0.25) is 0 Å². The SMILES string of the molecule is CCc1c(F)ccc2cc(O)cc(-c3ncc4c(N5CC6C(=O)NC(=O)C6(C)C5)nc(OC[C@@]56CCCN5C[C@H](F)C6)nc4c3F)c12. The summed E-state index contributed by atoms with van der Waals surface area (Å²) in [6, 6.07) is 5.55. The number of hydrogen-bond acceptors (Lipinski definition) is 9. The Kier molecular flexibility index (Phi) is 6.67. The van der Waals surface area contributed by atoms with E-state index in [1.807, 2.05) is 0 Å². The lowest BCUT2D eigenvalue weighted by molar-refractivity contribution is -0.127. The number of carbonyl (C=O) groups excluding carboxylic acids is 2. The van der Waals surface area contributed by atoms with Gasteiger partial charge in [0.15, 0.2) is 5.82 Å². The van der Waals surface area contributed by atoms with Crippen LogP contribution in [0.5, 0.6) is 11.8 Å². The number of nitrogens with one attached hydrogen (secondary N) is 1. The van der Waals surface area contributed by atoms with Gasteiger partial charge in [-0.1, -0.05) is 13.0 Å². The molecule has 0 radical (unpaired) electrons. The average Bonchev–Trinajstić information content (AvgIpc) is 3.74. The Hall–Kier alpha value is -4.52. The van der Waals surface area contributed by atoms with Gasteiger partial charge in [-0.05, 0) is 67.3 Å². The molecule has 8 rings (SSSR count). The second kappa shape index (κ2) is 10.5. The van der Waals surface area contributed by atoms with Gasteiger partial charge in [0.2, 0.25) is 11.8 Å². The maximum absolute atomic E-state index is 16.9. The Balaban J connectivity index is 1.28. The fourth-order valence-corrected chi connectivity index (χ4v) is 8.29. The lowest BCUT2D eigenvalue weighted by atomic mass is 9.82. The molecule has 4 aliphatic heterocycles. The molecule has 47 heavy (non-hydrogen) atoms. The smallest absolute Gasteiger partial charge is 0.319 e. The van der Waals surface area contributed by atoms with Gasteiger partial charge in [-0.25, -0.2) is 13.2 Å². The number of nitrogens with zero attached hydrogens (tertiary/aromatic N) is 5. The number of aromatic nitrogens is 3. The van der Waals surface area contributed by atoms with E-state index in [9.17, 15) is 23.5 Å². The number of phenols is 1. The van der Waals surface area contributed by atoms with Gasteiger partial charge in [-0.3, -0.25) is 24.8 Å². The number of pyridine rings is 1. The molecule has 244 valence electrons.